The lowest BCUT2D eigenvalue weighted by molar-refractivity contribution is -0.190. The maximum Gasteiger partial charge on any atom is 0.333 e. The Morgan fingerprint density at radius 1 is 1.25 bits per heavy atom. The monoisotopic (exact) mass is 340 g/mol. The van der Waals surface area contributed by atoms with Crippen LogP contribution in [0.15, 0.2) is 24.3 Å². The predicted octanol–water partition coefficient (Wildman–Crippen LogP) is 1.90. The molecule has 6 heteroatoms. The highest BCUT2D eigenvalue weighted by Gasteiger charge is 2.48. The van der Waals surface area contributed by atoms with Crippen LogP contribution >= 0.6 is 0 Å². The van der Waals surface area contributed by atoms with Gasteiger partial charge in [0.1, 0.15) is 11.2 Å². The van der Waals surface area contributed by atoms with Crippen molar-refractivity contribution in [1.82, 2.24) is 0 Å². The van der Waals surface area contributed by atoms with Gasteiger partial charge < -0.3 is 19.7 Å². The average molecular weight is 340 g/mol. The molecule has 6 nitrogen and oxygen atoms in total. The Kier molecular flexibility index (Phi) is 6.36. The van der Waals surface area contributed by atoms with Gasteiger partial charge in [-0.25, -0.2) is 9.59 Å². The summed E-state index contributed by atoms with van der Waals surface area (Å²) in [6, 6.07) is 0. The highest BCUT2D eigenvalue weighted by molar-refractivity contribution is 5.87. The Bertz CT molecular complexity index is 540. The van der Waals surface area contributed by atoms with E-state index in [0.717, 1.165) is 0 Å². The lowest BCUT2D eigenvalue weighted by Crippen LogP contribution is -2.54. The van der Waals surface area contributed by atoms with Crippen LogP contribution in [0.2, 0.25) is 0 Å². The smallest absolute Gasteiger partial charge is 0.333 e. The van der Waals surface area contributed by atoms with Crippen LogP contribution in [0.3, 0.4) is 0 Å². The molecular weight excluding hydrogens is 312 g/mol. The number of hydrogen-bond acceptors (Lipinski definition) is 6. The van der Waals surface area contributed by atoms with Gasteiger partial charge in [-0.2, -0.15) is 0 Å². The standard InChI is InChI=1S/C18H28O6/c1-11(2)15(21)23-17(5)8-7-13(9-14(17)20)18(6,10-19)24-16(22)12(3)4/h13-14,19-20H,1,3,7-10H2,2,4-6H3. The Labute approximate surface area is 143 Å². The third-order valence-electron chi connectivity index (χ3n) is 4.73. The summed E-state index contributed by atoms with van der Waals surface area (Å²) in [5.41, 5.74) is -1.65. The van der Waals surface area contributed by atoms with Gasteiger partial charge in [-0.15, -0.1) is 0 Å². The molecule has 0 aromatic heterocycles. The van der Waals surface area contributed by atoms with Crippen molar-refractivity contribution in [1.29, 1.82) is 0 Å². The molecule has 1 fully saturated rings. The summed E-state index contributed by atoms with van der Waals surface area (Å²) >= 11 is 0. The number of aliphatic hydroxyl groups is 2. The van der Waals surface area contributed by atoms with E-state index in [1.54, 1.807) is 20.8 Å². The van der Waals surface area contributed by atoms with Crippen molar-refractivity contribution in [2.45, 2.75) is 64.3 Å². The highest BCUT2D eigenvalue weighted by Crippen LogP contribution is 2.41. The Balaban J connectivity index is 2.86. The summed E-state index contributed by atoms with van der Waals surface area (Å²) in [7, 11) is 0. The van der Waals surface area contributed by atoms with E-state index in [9.17, 15) is 19.8 Å². The highest BCUT2D eigenvalue weighted by atomic mass is 16.6. The fourth-order valence-corrected chi connectivity index (χ4v) is 2.78. The normalized spacial score (nSPS) is 29.2. The van der Waals surface area contributed by atoms with E-state index < -0.39 is 29.2 Å². The zero-order chi connectivity index (χ0) is 18.7. The largest absolute Gasteiger partial charge is 0.453 e. The maximum atomic E-state index is 11.8. The van der Waals surface area contributed by atoms with Crippen LogP contribution in [0.5, 0.6) is 0 Å². The van der Waals surface area contributed by atoms with Crippen molar-refractivity contribution in [3.63, 3.8) is 0 Å². The Morgan fingerprint density at radius 2 is 1.79 bits per heavy atom. The fourth-order valence-electron chi connectivity index (χ4n) is 2.78. The van der Waals surface area contributed by atoms with Gasteiger partial charge in [-0.05, 0) is 47.0 Å². The molecule has 2 N–H and O–H groups in total. The molecule has 1 rings (SSSR count). The first-order chi connectivity index (χ1) is 10.9. The summed E-state index contributed by atoms with van der Waals surface area (Å²) in [4.78, 5) is 23.6. The van der Waals surface area contributed by atoms with Crippen LogP contribution in [0.4, 0.5) is 0 Å². The number of carbonyl (C=O) groups is 2. The minimum absolute atomic E-state index is 0.237. The molecule has 0 heterocycles. The number of carbonyl (C=O) groups excluding carboxylic acids is 2. The second-order valence-electron chi connectivity index (χ2n) is 7.11. The summed E-state index contributed by atoms with van der Waals surface area (Å²) < 4.78 is 10.8. The first kappa shape index (κ1) is 20.4. The van der Waals surface area contributed by atoms with E-state index >= 15 is 0 Å². The second-order valence-corrected chi connectivity index (χ2v) is 7.11. The quantitative estimate of drug-likeness (QED) is 0.567. The van der Waals surface area contributed by atoms with E-state index in [4.69, 9.17) is 9.47 Å². The van der Waals surface area contributed by atoms with E-state index in [1.165, 1.54) is 6.92 Å². The van der Waals surface area contributed by atoms with Crippen molar-refractivity contribution in [3.05, 3.63) is 24.3 Å². The van der Waals surface area contributed by atoms with Gasteiger partial charge in [0, 0.05) is 17.1 Å². The molecule has 0 aromatic rings. The molecule has 1 aliphatic rings. The van der Waals surface area contributed by atoms with Gasteiger partial charge in [0.15, 0.2) is 0 Å². The predicted molar refractivity (Wildman–Crippen MR) is 89.1 cm³/mol. The molecule has 24 heavy (non-hydrogen) atoms. The number of aliphatic hydroxyl groups excluding tert-OH is 2. The van der Waals surface area contributed by atoms with Crippen molar-refractivity contribution >= 4 is 11.9 Å². The zero-order valence-corrected chi connectivity index (χ0v) is 14.9. The van der Waals surface area contributed by atoms with Crippen molar-refractivity contribution < 1.29 is 29.3 Å². The molecular formula is C18H28O6. The summed E-state index contributed by atoms with van der Waals surface area (Å²) in [5, 5.41) is 20.2. The van der Waals surface area contributed by atoms with Gasteiger partial charge >= 0.3 is 11.9 Å². The number of rotatable bonds is 6. The van der Waals surface area contributed by atoms with E-state index in [-0.39, 0.29) is 30.1 Å². The van der Waals surface area contributed by atoms with Crippen molar-refractivity contribution in [2.24, 2.45) is 5.92 Å². The Hall–Kier alpha value is -1.66. The van der Waals surface area contributed by atoms with Crippen LogP contribution in [0, 0.1) is 5.92 Å². The average Bonchev–Trinajstić information content (AvgIpc) is 2.49. The van der Waals surface area contributed by atoms with E-state index in [0.29, 0.717) is 12.8 Å². The summed E-state index contributed by atoms with van der Waals surface area (Å²) in [6.07, 6.45) is 0.213. The number of ether oxygens (including phenoxy) is 2. The Morgan fingerprint density at radius 3 is 2.21 bits per heavy atom. The van der Waals surface area contributed by atoms with E-state index in [1.807, 2.05) is 0 Å². The summed E-state index contributed by atoms with van der Waals surface area (Å²) in [5.74, 6) is -1.39. The molecule has 4 unspecified atom stereocenters. The third kappa shape index (κ3) is 4.45. The maximum absolute atomic E-state index is 11.8. The van der Waals surface area contributed by atoms with Crippen LogP contribution in [0.1, 0.15) is 47.0 Å². The number of esters is 2. The molecule has 0 spiro atoms. The molecule has 0 saturated heterocycles. The third-order valence-corrected chi connectivity index (χ3v) is 4.73. The van der Waals surface area contributed by atoms with Crippen LogP contribution in [0.25, 0.3) is 0 Å². The first-order valence-corrected chi connectivity index (χ1v) is 8.02. The van der Waals surface area contributed by atoms with Crippen LogP contribution in [-0.4, -0.2) is 46.1 Å². The van der Waals surface area contributed by atoms with Gasteiger partial charge in [-0.3, -0.25) is 0 Å². The van der Waals surface area contributed by atoms with Gasteiger partial charge in [0.2, 0.25) is 0 Å². The topological polar surface area (TPSA) is 93.1 Å². The van der Waals surface area contributed by atoms with Crippen LogP contribution < -0.4 is 0 Å². The first-order valence-electron chi connectivity index (χ1n) is 8.02. The zero-order valence-electron chi connectivity index (χ0n) is 14.9. The molecule has 1 aliphatic carbocycles. The molecule has 0 aliphatic heterocycles. The van der Waals surface area contributed by atoms with E-state index in [2.05, 4.69) is 13.2 Å². The lowest BCUT2D eigenvalue weighted by Gasteiger charge is -2.45. The molecule has 0 bridgehead atoms. The SMILES string of the molecule is C=C(C)C(=O)OC1(C)CCC(C(C)(CO)OC(=O)C(=C)C)CC1O. The number of hydrogen-bond donors (Lipinski definition) is 2. The van der Waals surface area contributed by atoms with Crippen molar-refractivity contribution in [3.8, 4) is 0 Å². The van der Waals surface area contributed by atoms with Crippen molar-refractivity contribution in [2.75, 3.05) is 6.61 Å². The van der Waals surface area contributed by atoms with Crippen LogP contribution in [-0.2, 0) is 19.1 Å². The molecule has 0 amide bonds. The summed E-state index contributed by atoms with van der Waals surface area (Å²) in [6.45, 7) is 13.1. The second kappa shape index (κ2) is 7.49. The van der Waals surface area contributed by atoms with Gasteiger partial charge in [0.05, 0.1) is 12.7 Å². The minimum Gasteiger partial charge on any atom is -0.453 e. The molecule has 4 atom stereocenters. The molecule has 1 saturated carbocycles. The lowest BCUT2D eigenvalue weighted by atomic mass is 9.71. The van der Waals surface area contributed by atoms with Gasteiger partial charge in [0.25, 0.3) is 0 Å². The molecule has 0 aromatic carbocycles. The fraction of sp³-hybridized carbons (Fsp3) is 0.667. The van der Waals surface area contributed by atoms with Gasteiger partial charge in [-0.1, -0.05) is 13.2 Å². The molecule has 0 radical (unpaired) electrons. The minimum atomic E-state index is -1.13. The molecule has 136 valence electrons.